The lowest BCUT2D eigenvalue weighted by atomic mass is 10.1. The summed E-state index contributed by atoms with van der Waals surface area (Å²) in [7, 11) is 0. The summed E-state index contributed by atoms with van der Waals surface area (Å²) in [4.78, 5) is 6.99. The lowest BCUT2D eigenvalue weighted by Gasteiger charge is -2.26. The summed E-state index contributed by atoms with van der Waals surface area (Å²) in [5.74, 6) is 0.853. The number of nitriles is 1. The van der Waals surface area contributed by atoms with Gasteiger partial charge in [-0.15, -0.1) is 0 Å². The van der Waals surface area contributed by atoms with Gasteiger partial charge in [-0.25, -0.2) is 4.98 Å². The lowest BCUT2D eigenvalue weighted by molar-refractivity contribution is 0.115. The molecule has 0 saturated carbocycles. The van der Waals surface area contributed by atoms with Gasteiger partial charge in [0, 0.05) is 25.4 Å². The molecule has 4 nitrogen and oxygen atoms in total. The molecule has 3 rings (SSSR count). The van der Waals surface area contributed by atoms with Crippen molar-refractivity contribution in [1.82, 2.24) is 4.98 Å². The molecule has 2 heterocycles. The highest BCUT2D eigenvalue weighted by molar-refractivity contribution is 5.56. The van der Waals surface area contributed by atoms with Crippen molar-refractivity contribution in [3.8, 4) is 6.07 Å². The van der Waals surface area contributed by atoms with Crippen LogP contribution in [0.5, 0.6) is 0 Å². The number of rotatable bonds is 4. The van der Waals surface area contributed by atoms with E-state index in [0.717, 1.165) is 57.6 Å². The van der Waals surface area contributed by atoms with Crippen LogP contribution in [-0.4, -0.2) is 30.8 Å². The zero-order valence-electron chi connectivity index (χ0n) is 12.1. The number of hydrogen-bond donors (Lipinski definition) is 0. The largest absolute Gasteiger partial charge is 0.376 e. The van der Waals surface area contributed by atoms with Crippen LogP contribution in [0.1, 0.15) is 43.0 Å². The molecule has 0 N–H and O–H groups in total. The number of nitrogens with zero attached hydrogens (tertiary/aromatic N) is 3. The van der Waals surface area contributed by atoms with E-state index in [1.54, 1.807) is 0 Å². The Morgan fingerprint density at radius 1 is 1.45 bits per heavy atom. The van der Waals surface area contributed by atoms with Gasteiger partial charge >= 0.3 is 0 Å². The molecule has 0 amide bonds. The van der Waals surface area contributed by atoms with E-state index in [-0.39, 0.29) is 6.10 Å². The second kappa shape index (κ2) is 5.80. The van der Waals surface area contributed by atoms with E-state index in [4.69, 9.17) is 9.72 Å². The first kappa shape index (κ1) is 13.4. The Kier molecular flexibility index (Phi) is 3.88. The van der Waals surface area contributed by atoms with Crippen LogP contribution in [0, 0.1) is 11.3 Å². The second-order valence-electron chi connectivity index (χ2n) is 5.60. The summed E-state index contributed by atoms with van der Waals surface area (Å²) in [5, 5.41) is 9.41. The van der Waals surface area contributed by atoms with E-state index in [1.807, 2.05) is 6.07 Å². The van der Waals surface area contributed by atoms with Gasteiger partial charge in [0.15, 0.2) is 0 Å². The van der Waals surface area contributed by atoms with E-state index in [1.165, 1.54) is 11.3 Å². The Balaban J connectivity index is 1.88. The molecule has 0 radical (unpaired) electrons. The van der Waals surface area contributed by atoms with Crippen molar-refractivity contribution in [2.24, 2.45) is 0 Å². The van der Waals surface area contributed by atoms with Gasteiger partial charge in [0.25, 0.3) is 0 Å². The third kappa shape index (κ3) is 2.51. The summed E-state index contributed by atoms with van der Waals surface area (Å²) >= 11 is 0. The van der Waals surface area contributed by atoms with Crippen LogP contribution in [0.4, 0.5) is 5.82 Å². The smallest absolute Gasteiger partial charge is 0.146 e. The maximum Gasteiger partial charge on any atom is 0.146 e. The minimum absolute atomic E-state index is 0.288. The van der Waals surface area contributed by atoms with Crippen molar-refractivity contribution < 1.29 is 4.74 Å². The highest BCUT2D eigenvalue weighted by Gasteiger charge is 2.23. The van der Waals surface area contributed by atoms with Crippen LogP contribution >= 0.6 is 0 Å². The van der Waals surface area contributed by atoms with E-state index in [2.05, 4.69) is 17.9 Å². The van der Waals surface area contributed by atoms with Crippen molar-refractivity contribution in [3.63, 3.8) is 0 Å². The van der Waals surface area contributed by atoms with Gasteiger partial charge in [0.1, 0.15) is 11.9 Å². The van der Waals surface area contributed by atoms with E-state index in [0.29, 0.717) is 5.56 Å². The molecule has 1 unspecified atom stereocenters. The van der Waals surface area contributed by atoms with E-state index < -0.39 is 0 Å². The van der Waals surface area contributed by atoms with Crippen LogP contribution < -0.4 is 4.90 Å². The maximum atomic E-state index is 9.41. The highest BCUT2D eigenvalue weighted by Crippen LogP contribution is 2.27. The minimum Gasteiger partial charge on any atom is -0.376 e. The summed E-state index contributed by atoms with van der Waals surface area (Å²) in [6, 6.07) is 4.36. The number of aromatic nitrogens is 1. The number of hydrogen-bond acceptors (Lipinski definition) is 4. The topological polar surface area (TPSA) is 49.1 Å². The Hall–Kier alpha value is -1.60. The van der Waals surface area contributed by atoms with Crippen molar-refractivity contribution >= 4 is 5.82 Å². The third-order valence-corrected chi connectivity index (χ3v) is 4.28. The van der Waals surface area contributed by atoms with Gasteiger partial charge in [0.05, 0.1) is 11.7 Å². The van der Waals surface area contributed by atoms with Crippen LogP contribution in [0.25, 0.3) is 0 Å². The zero-order chi connectivity index (χ0) is 13.9. The van der Waals surface area contributed by atoms with Gasteiger partial charge in [-0.1, -0.05) is 0 Å². The molecule has 0 spiro atoms. The normalized spacial score (nSPS) is 20.7. The molecule has 1 aliphatic heterocycles. The SMILES string of the molecule is CCN(CC1CCCO1)c1nc2c(cc1C#N)CCC2. The predicted molar refractivity (Wildman–Crippen MR) is 77.8 cm³/mol. The zero-order valence-corrected chi connectivity index (χ0v) is 12.1. The standard InChI is InChI=1S/C16H21N3O/c1-2-19(11-14-6-4-8-20-14)16-13(10-17)9-12-5-3-7-15(12)18-16/h9,14H,2-8,11H2,1H3. The Morgan fingerprint density at radius 2 is 2.35 bits per heavy atom. The van der Waals surface area contributed by atoms with Crippen LogP contribution in [-0.2, 0) is 17.6 Å². The second-order valence-corrected chi connectivity index (χ2v) is 5.60. The molecule has 1 aromatic heterocycles. The fraction of sp³-hybridized carbons (Fsp3) is 0.625. The quantitative estimate of drug-likeness (QED) is 0.844. The molecular weight excluding hydrogens is 250 g/mol. The van der Waals surface area contributed by atoms with Gasteiger partial charge in [-0.05, 0) is 50.7 Å². The Morgan fingerprint density at radius 3 is 3.05 bits per heavy atom. The monoisotopic (exact) mass is 271 g/mol. The van der Waals surface area contributed by atoms with Crippen molar-refractivity contribution in [2.75, 3.05) is 24.6 Å². The van der Waals surface area contributed by atoms with Gasteiger partial charge < -0.3 is 9.64 Å². The molecular formula is C16H21N3O. The van der Waals surface area contributed by atoms with Gasteiger partial charge in [-0.2, -0.15) is 5.26 Å². The maximum absolute atomic E-state index is 9.41. The number of anilines is 1. The molecule has 4 heteroatoms. The number of likely N-dealkylation sites (N-methyl/N-ethyl adjacent to an activating group) is 1. The molecule has 1 atom stereocenters. The number of aryl methyl sites for hydroxylation is 2. The van der Waals surface area contributed by atoms with Crippen molar-refractivity contribution in [2.45, 2.75) is 45.1 Å². The first-order valence-electron chi connectivity index (χ1n) is 7.61. The van der Waals surface area contributed by atoms with Crippen molar-refractivity contribution in [1.29, 1.82) is 5.26 Å². The molecule has 1 aromatic rings. The van der Waals surface area contributed by atoms with E-state index >= 15 is 0 Å². The molecule has 0 aromatic carbocycles. The fourth-order valence-corrected chi connectivity index (χ4v) is 3.18. The molecule has 0 bridgehead atoms. The van der Waals surface area contributed by atoms with Crippen LogP contribution in [0.3, 0.4) is 0 Å². The molecule has 2 aliphatic rings. The number of fused-ring (bicyclic) bond motifs is 1. The highest BCUT2D eigenvalue weighted by atomic mass is 16.5. The molecule has 20 heavy (non-hydrogen) atoms. The molecule has 1 fully saturated rings. The third-order valence-electron chi connectivity index (χ3n) is 4.28. The summed E-state index contributed by atoms with van der Waals surface area (Å²) in [6.07, 6.45) is 5.82. The average Bonchev–Trinajstić information content (AvgIpc) is 3.14. The summed E-state index contributed by atoms with van der Waals surface area (Å²) in [5.41, 5.74) is 3.16. The van der Waals surface area contributed by atoms with Gasteiger partial charge in [-0.3, -0.25) is 0 Å². The number of ether oxygens (including phenoxy) is 1. The summed E-state index contributed by atoms with van der Waals surface area (Å²) in [6.45, 7) is 4.69. The molecule has 106 valence electrons. The molecule has 1 saturated heterocycles. The summed E-state index contributed by atoms with van der Waals surface area (Å²) < 4.78 is 5.72. The fourth-order valence-electron chi connectivity index (χ4n) is 3.18. The molecule has 1 aliphatic carbocycles. The van der Waals surface area contributed by atoms with E-state index in [9.17, 15) is 5.26 Å². The Bertz CT molecular complexity index is 529. The van der Waals surface area contributed by atoms with Crippen molar-refractivity contribution in [3.05, 3.63) is 22.9 Å². The average molecular weight is 271 g/mol. The van der Waals surface area contributed by atoms with Crippen LogP contribution in [0.2, 0.25) is 0 Å². The van der Waals surface area contributed by atoms with Gasteiger partial charge in [0.2, 0.25) is 0 Å². The first-order chi connectivity index (χ1) is 9.81. The predicted octanol–water partition coefficient (Wildman–Crippen LogP) is 2.45. The lowest BCUT2D eigenvalue weighted by Crippen LogP contribution is -2.33. The minimum atomic E-state index is 0.288. The number of pyridine rings is 1. The van der Waals surface area contributed by atoms with Crippen LogP contribution in [0.15, 0.2) is 6.07 Å². The first-order valence-corrected chi connectivity index (χ1v) is 7.61. The Labute approximate surface area is 120 Å².